The van der Waals surface area contributed by atoms with E-state index >= 15 is 0 Å². The number of para-hydroxylation sites is 1. The lowest BCUT2D eigenvalue weighted by atomic mass is 10.1. The van der Waals surface area contributed by atoms with Gasteiger partial charge < -0.3 is 10.1 Å². The monoisotopic (exact) mass is 202 g/mol. The average Bonchev–Trinajstić information content (AvgIpc) is 2.65. The van der Waals surface area contributed by atoms with Crippen molar-refractivity contribution >= 4 is 11.7 Å². The van der Waals surface area contributed by atoms with Gasteiger partial charge in [-0.1, -0.05) is 12.1 Å². The average molecular weight is 202 g/mol. The second-order valence-electron chi connectivity index (χ2n) is 3.31. The molecule has 4 nitrogen and oxygen atoms in total. The fraction of sp³-hybridized carbons (Fsp3) is 0.273. The zero-order chi connectivity index (χ0) is 10.7. The third-order valence-corrected chi connectivity index (χ3v) is 2.31. The van der Waals surface area contributed by atoms with Crippen LogP contribution in [0.2, 0.25) is 0 Å². The quantitative estimate of drug-likeness (QED) is 0.734. The number of ether oxygens (including phenoxy) is 1. The molecule has 1 heterocycles. The third-order valence-electron chi connectivity index (χ3n) is 2.31. The molecule has 1 aromatic rings. The van der Waals surface area contributed by atoms with Crippen molar-refractivity contribution in [2.75, 3.05) is 11.9 Å². The van der Waals surface area contributed by atoms with Crippen molar-refractivity contribution in [1.82, 2.24) is 0 Å². The predicted octanol–water partition coefficient (Wildman–Crippen LogP) is 1.29. The molecule has 1 fully saturated rings. The summed E-state index contributed by atoms with van der Waals surface area (Å²) in [7, 11) is 0. The molecule has 15 heavy (non-hydrogen) atoms. The molecule has 0 amide bonds. The highest BCUT2D eigenvalue weighted by Crippen LogP contribution is 2.18. The molecule has 4 heteroatoms. The number of benzene rings is 1. The standard InChI is InChI=1S/C11H10N2O2/c12-7-8-3-1-2-4-9(8)13-10-5-6-15-11(10)14/h1-4,10,13H,5-6H2. The first kappa shape index (κ1) is 9.53. The highest BCUT2D eigenvalue weighted by Gasteiger charge is 2.26. The van der Waals surface area contributed by atoms with Crippen LogP contribution in [0.3, 0.4) is 0 Å². The Kier molecular flexibility index (Phi) is 2.55. The molecule has 1 aromatic carbocycles. The summed E-state index contributed by atoms with van der Waals surface area (Å²) >= 11 is 0. The first-order valence-electron chi connectivity index (χ1n) is 4.73. The van der Waals surface area contributed by atoms with Gasteiger partial charge in [0.25, 0.3) is 0 Å². The molecule has 0 spiro atoms. The Morgan fingerprint density at radius 1 is 1.47 bits per heavy atom. The van der Waals surface area contributed by atoms with E-state index in [1.54, 1.807) is 18.2 Å². The van der Waals surface area contributed by atoms with Crippen LogP contribution < -0.4 is 5.32 Å². The van der Waals surface area contributed by atoms with Gasteiger partial charge in [-0.25, -0.2) is 4.79 Å². The van der Waals surface area contributed by atoms with Gasteiger partial charge in [-0.15, -0.1) is 0 Å². The van der Waals surface area contributed by atoms with E-state index in [-0.39, 0.29) is 12.0 Å². The van der Waals surface area contributed by atoms with Crippen molar-refractivity contribution in [2.45, 2.75) is 12.5 Å². The van der Waals surface area contributed by atoms with Gasteiger partial charge in [0.2, 0.25) is 0 Å². The number of nitrogens with one attached hydrogen (secondary N) is 1. The minimum Gasteiger partial charge on any atom is -0.464 e. The Morgan fingerprint density at radius 2 is 2.27 bits per heavy atom. The van der Waals surface area contributed by atoms with E-state index in [9.17, 15) is 4.79 Å². The molecule has 76 valence electrons. The smallest absolute Gasteiger partial charge is 0.328 e. The number of nitriles is 1. The van der Waals surface area contributed by atoms with Crippen LogP contribution in [-0.4, -0.2) is 18.6 Å². The summed E-state index contributed by atoms with van der Waals surface area (Å²) in [6, 6.07) is 8.85. The predicted molar refractivity (Wildman–Crippen MR) is 54.1 cm³/mol. The molecular formula is C11H10N2O2. The van der Waals surface area contributed by atoms with E-state index in [0.29, 0.717) is 24.3 Å². The van der Waals surface area contributed by atoms with Gasteiger partial charge in [-0.05, 0) is 12.1 Å². The van der Waals surface area contributed by atoms with Gasteiger partial charge >= 0.3 is 5.97 Å². The first-order valence-corrected chi connectivity index (χ1v) is 4.73. The number of anilines is 1. The molecule has 0 aromatic heterocycles. The van der Waals surface area contributed by atoms with Crippen LogP contribution in [0.4, 0.5) is 5.69 Å². The minimum atomic E-state index is -0.320. The number of nitrogens with zero attached hydrogens (tertiary/aromatic N) is 1. The van der Waals surface area contributed by atoms with E-state index in [2.05, 4.69) is 11.4 Å². The number of rotatable bonds is 2. The molecule has 0 aliphatic carbocycles. The lowest BCUT2D eigenvalue weighted by molar-refractivity contribution is -0.138. The van der Waals surface area contributed by atoms with Crippen LogP contribution in [0.1, 0.15) is 12.0 Å². The maximum Gasteiger partial charge on any atom is 0.328 e. The Labute approximate surface area is 87.5 Å². The third kappa shape index (κ3) is 1.91. The summed E-state index contributed by atoms with van der Waals surface area (Å²) in [6.07, 6.45) is 0.651. The van der Waals surface area contributed by atoms with Crippen molar-refractivity contribution in [1.29, 1.82) is 5.26 Å². The van der Waals surface area contributed by atoms with E-state index in [1.807, 2.05) is 6.07 Å². The Balaban J connectivity index is 2.17. The zero-order valence-corrected chi connectivity index (χ0v) is 8.06. The molecule has 0 bridgehead atoms. The van der Waals surface area contributed by atoms with E-state index in [4.69, 9.17) is 10.00 Å². The maximum absolute atomic E-state index is 11.2. The number of carbonyl (C=O) groups excluding carboxylic acids is 1. The van der Waals surface area contributed by atoms with Gasteiger partial charge in [0, 0.05) is 6.42 Å². The summed E-state index contributed by atoms with van der Waals surface area (Å²) in [5.74, 6) is -0.247. The molecule has 1 N–H and O–H groups in total. The van der Waals surface area contributed by atoms with Crippen molar-refractivity contribution in [2.24, 2.45) is 0 Å². The van der Waals surface area contributed by atoms with Crippen molar-refractivity contribution in [3.05, 3.63) is 29.8 Å². The molecular weight excluding hydrogens is 192 g/mol. The van der Waals surface area contributed by atoms with Crippen LogP contribution in [0.25, 0.3) is 0 Å². The van der Waals surface area contributed by atoms with Crippen molar-refractivity contribution in [3.8, 4) is 6.07 Å². The molecule has 1 unspecified atom stereocenters. The molecule has 0 saturated carbocycles. The molecule has 1 atom stereocenters. The lowest BCUT2D eigenvalue weighted by Gasteiger charge is -2.11. The Bertz CT molecular complexity index is 423. The van der Waals surface area contributed by atoms with Crippen LogP contribution in [0, 0.1) is 11.3 Å². The topological polar surface area (TPSA) is 62.1 Å². The van der Waals surface area contributed by atoms with Crippen LogP contribution in [-0.2, 0) is 9.53 Å². The van der Waals surface area contributed by atoms with Gasteiger partial charge in [0.1, 0.15) is 12.1 Å². The zero-order valence-electron chi connectivity index (χ0n) is 8.06. The second kappa shape index (κ2) is 4.01. The molecule has 2 rings (SSSR count). The minimum absolute atomic E-state index is 0.247. The molecule has 1 aliphatic heterocycles. The fourth-order valence-corrected chi connectivity index (χ4v) is 1.52. The number of cyclic esters (lactones) is 1. The lowest BCUT2D eigenvalue weighted by Crippen LogP contribution is -2.24. The van der Waals surface area contributed by atoms with Crippen molar-refractivity contribution in [3.63, 3.8) is 0 Å². The fourth-order valence-electron chi connectivity index (χ4n) is 1.52. The van der Waals surface area contributed by atoms with Gasteiger partial charge in [-0.3, -0.25) is 0 Å². The first-order chi connectivity index (χ1) is 7.31. The van der Waals surface area contributed by atoms with Crippen LogP contribution >= 0.6 is 0 Å². The largest absolute Gasteiger partial charge is 0.464 e. The van der Waals surface area contributed by atoms with Crippen molar-refractivity contribution < 1.29 is 9.53 Å². The summed E-state index contributed by atoms with van der Waals surface area (Å²) < 4.78 is 4.83. The van der Waals surface area contributed by atoms with Gasteiger partial charge in [0.05, 0.1) is 17.9 Å². The molecule has 1 aliphatic rings. The van der Waals surface area contributed by atoms with Crippen LogP contribution in [0.5, 0.6) is 0 Å². The van der Waals surface area contributed by atoms with E-state index in [1.165, 1.54) is 0 Å². The van der Waals surface area contributed by atoms with E-state index in [0.717, 1.165) is 0 Å². The van der Waals surface area contributed by atoms with Crippen LogP contribution in [0.15, 0.2) is 24.3 Å². The molecule has 0 radical (unpaired) electrons. The second-order valence-corrected chi connectivity index (χ2v) is 3.31. The Morgan fingerprint density at radius 3 is 2.93 bits per heavy atom. The maximum atomic E-state index is 11.2. The molecule has 1 saturated heterocycles. The Hall–Kier alpha value is -2.02. The highest BCUT2D eigenvalue weighted by atomic mass is 16.5. The number of hydrogen-bond donors (Lipinski definition) is 1. The highest BCUT2D eigenvalue weighted by molar-refractivity contribution is 5.81. The summed E-state index contributed by atoms with van der Waals surface area (Å²) in [5, 5.41) is 11.9. The number of carbonyl (C=O) groups is 1. The SMILES string of the molecule is N#Cc1ccccc1NC1CCOC1=O. The normalized spacial score (nSPS) is 19.4. The summed E-state index contributed by atoms with van der Waals surface area (Å²) in [5.41, 5.74) is 1.22. The number of esters is 1. The number of hydrogen-bond acceptors (Lipinski definition) is 4. The van der Waals surface area contributed by atoms with E-state index < -0.39 is 0 Å². The summed E-state index contributed by atoms with van der Waals surface area (Å²) in [4.78, 5) is 11.2. The van der Waals surface area contributed by atoms with Gasteiger partial charge in [-0.2, -0.15) is 5.26 Å². The summed E-state index contributed by atoms with van der Waals surface area (Å²) in [6.45, 7) is 0.450. The van der Waals surface area contributed by atoms with Gasteiger partial charge in [0.15, 0.2) is 0 Å².